The van der Waals surface area contributed by atoms with Crippen LogP contribution in [0.5, 0.6) is 5.75 Å². The minimum absolute atomic E-state index is 0.191. The van der Waals surface area contributed by atoms with Gasteiger partial charge >= 0.3 is 5.97 Å². The van der Waals surface area contributed by atoms with Gasteiger partial charge in [-0.25, -0.2) is 4.79 Å². The Morgan fingerprint density at radius 2 is 1.95 bits per heavy atom. The maximum Gasteiger partial charge on any atom is 0.379 e. The minimum atomic E-state index is -0.815. The molecule has 0 heterocycles. The zero-order valence-corrected chi connectivity index (χ0v) is 12.2. The molecule has 2 rings (SSSR count). The summed E-state index contributed by atoms with van der Waals surface area (Å²) in [5.41, 5.74) is 3.62. The third-order valence-electron chi connectivity index (χ3n) is 3.80. The molecule has 0 fully saturated rings. The molecule has 4 heteroatoms. The number of carbonyl (C=O) groups excluding carboxylic acids is 2. The van der Waals surface area contributed by atoms with Crippen LogP contribution in [0.3, 0.4) is 0 Å². The van der Waals surface area contributed by atoms with Crippen LogP contribution in [0.4, 0.5) is 0 Å². The highest BCUT2D eigenvalue weighted by Gasteiger charge is 2.27. The van der Waals surface area contributed by atoms with E-state index in [4.69, 9.17) is 9.47 Å². The van der Waals surface area contributed by atoms with Crippen LogP contribution >= 0.6 is 0 Å². The number of Topliss-reactive ketones (excluding diaryl/α,β-unsaturated/α-hetero) is 1. The number of rotatable bonds is 4. The van der Waals surface area contributed by atoms with Gasteiger partial charge in [0, 0.05) is 0 Å². The molecule has 108 valence electrons. The van der Waals surface area contributed by atoms with Crippen molar-refractivity contribution >= 4 is 11.8 Å². The normalized spacial score (nSPS) is 13.6. The Morgan fingerprint density at radius 3 is 2.60 bits per heavy atom. The molecule has 1 aromatic carbocycles. The summed E-state index contributed by atoms with van der Waals surface area (Å²) in [7, 11) is 1.52. The lowest BCUT2D eigenvalue weighted by atomic mass is 9.85. The van der Waals surface area contributed by atoms with Crippen molar-refractivity contribution in [1.29, 1.82) is 0 Å². The average molecular weight is 276 g/mol. The molecule has 0 amide bonds. The van der Waals surface area contributed by atoms with Gasteiger partial charge in [0.05, 0.1) is 19.3 Å². The van der Waals surface area contributed by atoms with Gasteiger partial charge < -0.3 is 9.47 Å². The van der Waals surface area contributed by atoms with Gasteiger partial charge in [0.2, 0.25) is 0 Å². The van der Waals surface area contributed by atoms with Crippen LogP contribution < -0.4 is 4.74 Å². The molecule has 1 aliphatic rings. The third kappa shape index (κ3) is 2.55. The first kappa shape index (κ1) is 14.6. The number of carbonyl (C=O) groups is 2. The molecule has 0 saturated heterocycles. The van der Waals surface area contributed by atoms with Gasteiger partial charge in [-0.3, -0.25) is 4.79 Å². The fourth-order valence-corrected chi connectivity index (χ4v) is 2.82. The molecule has 0 saturated carbocycles. The SMILES string of the molecule is CCOC(=O)C(=O)c1c(OC)cc2c(c1C)CCCC2. The molecule has 0 spiro atoms. The largest absolute Gasteiger partial charge is 0.496 e. The fourth-order valence-electron chi connectivity index (χ4n) is 2.82. The molecule has 1 aliphatic carbocycles. The summed E-state index contributed by atoms with van der Waals surface area (Å²) in [5.74, 6) is -0.958. The third-order valence-corrected chi connectivity index (χ3v) is 3.80. The van der Waals surface area contributed by atoms with Gasteiger partial charge in [-0.2, -0.15) is 0 Å². The Hall–Kier alpha value is -1.84. The van der Waals surface area contributed by atoms with Gasteiger partial charge in [0.1, 0.15) is 5.75 Å². The molecule has 0 bridgehead atoms. The summed E-state index contributed by atoms with van der Waals surface area (Å²) in [5, 5.41) is 0. The van der Waals surface area contributed by atoms with E-state index >= 15 is 0 Å². The molecule has 20 heavy (non-hydrogen) atoms. The predicted molar refractivity (Wildman–Crippen MR) is 75.3 cm³/mol. The first-order chi connectivity index (χ1) is 9.60. The van der Waals surface area contributed by atoms with Crippen molar-refractivity contribution in [2.75, 3.05) is 13.7 Å². The Bertz CT molecular complexity index is 546. The van der Waals surface area contributed by atoms with Crippen molar-refractivity contribution in [1.82, 2.24) is 0 Å². The van der Waals surface area contributed by atoms with E-state index in [0.717, 1.165) is 31.2 Å². The number of aryl methyl sites for hydroxylation is 1. The Morgan fingerprint density at radius 1 is 1.25 bits per heavy atom. The lowest BCUT2D eigenvalue weighted by Gasteiger charge is -2.22. The standard InChI is InChI=1S/C16H20O4/c1-4-20-16(18)15(17)14-10(2)12-8-6-5-7-11(12)9-13(14)19-3/h9H,4-8H2,1-3H3. The molecular formula is C16H20O4. The number of fused-ring (bicyclic) bond motifs is 1. The average Bonchev–Trinajstić information content (AvgIpc) is 2.46. The Kier molecular flexibility index (Phi) is 4.42. The number of hydrogen-bond donors (Lipinski definition) is 0. The van der Waals surface area contributed by atoms with Crippen LogP contribution in [-0.2, 0) is 22.4 Å². The van der Waals surface area contributed by atoms with E-state index in [2.05, 4.69) is 0 Å². The fraction of sp³-hybridized carbons (Fsp3) is 0.500. The number of ketones is 1. The van der Waals surface area contributed by atoms with E-state index in [9.17, 15) is 9.59 Å². The molecule has 0 unspecified atom stereocenters. The number of ether oxygens (including phenoxy) is 2. The van der Waals surface area contributed by atoms with Gasteiger partial charge in [-0.15, -0.1) is 0 Å². The zero-order valence-electron chi connectivity index (χ0n) is 12.2. The molecule has 0 radical (unpaired) electrons. The summed E-state index contributed by atoms with van der Waals surface area (Å²) >= 11 is 0. The van der Waals surface area contributed by atoms with Crippen molar-refractivity contribution in [2.45, 2.75) is 39.5 Å². The van der Waals surface area contributed by atoms with Crippen molar-refractivity contribution in [2.24, 2.45) is 0 Å². The van der Waals surface area contributed by atoms with Crippen molar-refractivity contribution in [3.63, 3.8) is 0 Å². The highest BCUT2D eigenvalue weighted by molar-refractivity contribution is 6.41. The topological polar surface area (TPSA) is 52.6 Å². The monoisotopic (exact) mass is 276 g/mol. The second-order valence-corrected chi connectivity index (χ2v) is 4.97. The van der Waals surface area contributed by atoms with Crippen molar-refractivity contribution in [3.05, 3.63) is 28.3 Å². The highest BCUT2D eigenvalue weighted by atomic mass is 16.5. The first-order valence-electron chi connectivity index (χ1n) is 7.00. The van der Waals surface area contributed by atoms with Crippen LogP contribution in [0.1, 0.15) is 46.8 Å². The molecule has 0 aliphatic heterocycles. The highest BCUT2D eigenvalue weighted by Crippen LogP contribution is 2.33. The van der Waals surface area contributed by atoms with E-state index in [-0.39, 0.29) is 6.61 Å². The smallest absolute Gasteiger partial charge is 0.379 e. The number of methoxy groups -OCH3 is 1. The summed E-state index contributed by atoms with van der Waals surface area (Å²) in [6.07, 6.45) is 4.22. The minimum Gasteiger partial charge on any atom is -0.496 e. The number of hydrogen-bond acceptors (Lipinski definition) is 4. The molecule has 0 aromatic heterocycles. The first-order valence-corrected chi connectivity index (χ1v) is 7.00. The number of benzene rings is 1. The predicted octanol–water partition coefficient (Wildman–Crippen LogP) is 2.63. The van der Waals surface area contributed by atoms with Crippen LogP contribution in [0.15, 0.2) is 6.07 Å². The van der Waals surface area contributed by atoms with Crippen LogP contribution in [0, 0.1) is 6.92 Å². The molecule has 4 nitrogen and oxygen atoms in total. The van der Waals surface area contributed by atoms with E-state index in [1.165, 1.54) is 18.2 Å². The molecular weight excluding hydrogens is 256 g/mol. The van der Waals surface area contributed by atoms with Crippen molar-refractivity contribution < 1.29 is 19.1 Å². The second kappa shape index (κ2) is 6.07. The lowest BCUT2D eigenvalue weighted by Crippen LogP contribution is -2.21. The van der Waals surface area contributed by atoms with E-state index in [1.807, 2.05) is 13.0 Å². The zero-order chi connectivity index (χ0) is 14.7. The Labute approximate surface area is 119 Å². The summed E-state index contributed by atoms with van der Waals surface area (Å²) < 4.78 is 10.1. The summed E-state index contributed by atoms with van der Waals surface area (Å²) in [4.78, 5) is 24.0. The molecule has 0 atom stereocenters. The Balaban J connectivity index is 2.51. The summed E-state index contributed by atoms with van der Waals surface area (Å²) in [6.45, 7) is 3.76. The van der Waals surface area contributed by atoms with Crippen LogP contribution in [-0.4, -0.2) is 25.5 Å². The van der Waals surface area contributed by atoms with Crippen LogP contribution in [0.2, 0.25) is 0 Å². The maximum atomic E-state index is 12.3. The van der Waals surface area contributed by atoms with Gasteiger partial charge in [0.25, 0.3) is 5.78 Å². The van der Waals surface area contributed by atoms with E-state index < -0.39 is 11.8 Å². The van der Waals surface area contributed by atoms with Gasteiger partial charge in [0.15, 0.2) is 0 Å². The van der Waals surface area contributed by atoms with Gasteiger partial charge in [-0.05, 0) is 62.3 Å². The van der Waals surface area contributed by atoms with E-state index in [0.29, 0.717) is 11.3 Å². The van der Waals surface area contributed by atoms with Crippen LogP contribution in [0.25, 0.3) is 0 Å². The van der Waals surface area contributed by atoms with E-state index in [1.54, 1.807) is 6.92 Å². The van der Waals surface area contributed by atoms with Gasteiger partial charge in [-0.1, -0.05) is 0 Å². The number of esters is 1. The molecule has 1 aromatic rings. The quantitative estimate of drug-likeness (QED) is 0.482. The summed E-state index contributed by atoms with van der Waals surface area (Å²) in [6, 6.07) is 1.90. The van der Waals surface area contributed by atoms with Crippen molar-refractivity contribution in [3.8, 4) is 5.75 Å². The lowest BCUT2D eigenvalue weighted by molar-refractivity contribution is -0.137. The molecule has 0 N–H and O–H groups in total. The maximum absolute atomic E-state index is 12.3. The second-order valence-electron chi connectivity index (χ2n) is 4.97.